The van der Waals surface area contributed by atoms with E-state index in [2.05, 4.69) is 0 Å². The number of nitro benzene ring substituents is 1. The fourth-order valence-electron chi connectivity index (χ4n) is 0.955. The van der Waals surface area contributed by atoms with Gasteiger partial charge in [-0.3, -0.25) is 10.1 Å². The van der Waals surface area contributed by atoms with Crippen molar-refractivity contribution in [1.82, 2.24) is 0 Å². The Hall–Kier alpha value is -1.01. The Labute approximate surface area is 97.5 Å². The maximum Gasteiger partial charge on any atom is 0.380 e. The van der Waals surface area contributed by atoms with E-state index >= 15 is 0 Å². The fraction of sp³-hybridized carbons (Fsp3) is 0.250. The van der Waals surface area contributed by atoms with E-state index in [0.29, 0.717) is 0 Å². The maximum atomic E-state index is 10.7. The molecule has 0 aliphatic rings. The first-order valence-corrected chi connectivity index (χ1v) is 6.72. The molecule has 0 radical (unpaired) electrons. The van der Waals surface area contributed by atoms with E-state index < -0.39 is 11.6 Å². The molecule has 1 aromatic rings. The second-order valence-electron chi connectivity index (χ2n) is 2.63. The highest BCUT2D eigenvalue weighted by Gasteiger charge is 2.23. The number of hydrogen-bond donors (Lipinski definition) is 0. The molecule has 0 bridgehead atoms. The van der Waals surface area contributed by atoms with Crippen LogP contribution in [0, 0.1) is 10.1 Å². The molecule has 0 fully saturated rings. The summed E-state index contributed by atoms with van der Waals surface area (Å²) in [6, 6.07) is 5.90. The number of nitro groups is 1. The van der Waals surface area contributed by atoms with E-state index in [0.717, 1.165) is 0 Å². The molecule has 0 aromatic heterocycles. The zero-order chi connectivity index (χ0) is 12.2. The van der Waals surface area contributed by atoms with Gasteiger partial charge in [0.25, 0.3) is 0 Å². The van der Waals surface area contributed by atoms with Crippen molar-refractivity contribution in [3.63, 3.8) is 0 Å². The molecule has 0 aliphatic heterocycles. The summed E-state index contributed by atoms with van der Waals surface area (Å²) in [6.07, 6.45) is 0. The average molecular weight is 263 g/mol. The summed E-state index contributed by atoms with van der Waals surface area (Å²) in [5.74, 6) is 0.0412. The molecule has 8 heteroatoms. The number of para-hydroxylation sites is 2. The van der Waals surface area contributed by atoms with Crippen molar-refractivity contribution >= 4 is 24.2 Å². The lowest BCUT2D eigenvalue weighted by atomic mass is 10.3. The van der Waals surface area contributed by atoms with Crippen LogP contribution in [0.5, 0.6) is 5.75 Å². The van der Waals surface area contributed by atoms with E-state index in [1.54, 1.807) is 6.07 Å². The van der Waals surface area contributed by atoms with Gasteiger partial charge in [-0.25, -0.2) is 0 Å². The lowest BCUT2D eigenvalue weighted by Crippen LogP contribution is -1.99. The zero-order valence-corrected chi connectivity index (χ0v) is 10.4. The molecule has 16 heavy (non-hydrogen) atoms. The summed E-state index contributed by atoms with van der Waals surface area (Å²) in [5, 5.41) is 10.7. The first-order chi connectivity index (χ1) is 7.52. The summed E-state index contributed by atoms with van der Waals surface area (Å²) < 4.78 is 15.0. The van der Waals surface area contributed by atoms with Crippen LogP contribution in [0.2, 0.25) is 0 Å². The molecular weight excluding hydrogens is 253 g/mol. The van der Waals surface area contributed by atoms with Gasteiger partial charge in [0.15, 0.2) is 0 Å². The van der Waals surface area contributed by atoms with E-state index in [-0.39, 0.29) is 11.4 Å². The summed E-state index contributed by atoms with van der Waals surface area (Å²) in [7, 11) is 2.66. The Kier molecular flexibility index (Phi) is 4.37. The van der Waals surface area contributed by atoms with Crippen molar-refractivity contribution in [3.05, 3.63) is 34.4 Å². The standard InChI is InChI=1S/C8H10NO5PS/c1-12-15(16,13-2)14-8-6-4-3-5-7(8)9(10)11/h3-6H,1-2H3. The first-order valence-electron chi connectivity index (χ1n) is 4.17. The Morgan fingerprint density at radius 1 is 1.31 bits per heavy atom. The van der Waals surface area contributed by atoms with Crippen molar-refractivity contribution in [2.24, 2.45) is 0 Å². The van der Waals surface area contributed by atoms with Gasteiger partial charge in [0.05, 0.1) is 4.92 Å². The van der Waals surface area contributed by atoms with Crippen molar-refractivity contribution in [3.8, 4) is 5.75 Å². The maximum absolute atomic E-state index is 10.7. The van der Waals surface area contributed by atoms with Crippen molar-refractivity contribution in [2.45, 2.75) is 0 Å². The molecular formula is C8H10NO5PS. The minimum Gasteiger partial charge on any atom is -0.417 e. The molecule has 0 aliphatic carbocycles. The van der Waals surface area contributed by atoms with E-state index in [1.165, 1.54) is 32.4 Å². The predicted molar refractivity (Wildman–Crippen MR) is 62.0 cm³/mol. The van der Waals surface area contributed by atoms with E-state index in [1.807, 2.05) is 0 Å². The lowest BCUT2D eigenvalue weighted by molar-refractivity contribution is -0.385. The third kappa shape index (κ3) is 2.99. The second kappa shape index (κ2) is 5.36. The molecule has 0 heterocycles. The van der Waals surface area contributed by atoms with Crippen molar-refractivity contribution in [2.75, 3.05) is 14.2 Å². The largest absolute Gasteiger partial charge is 0.417 e. The van der Waals surface area contributed by atoms with Crippen LogP contribution in [0.15, 0.2) is 24.3 Å². The number of rotatable bonds is 5. The van der Waals surface area contributed by atoms with Gasteiger partial charge in [-0.05, 0) is 6.07 Å². The van der Waals surface area contributed by atoms with Crippen LogP contribution in [-0.2, 0) is 20.9 Å². The highest BCUT2D eigenvalue weighted by molar-refractivity contribution is 8.07. The van der Waals surface area contributed by atoms with E-state index in [4.69, 9.17) is 25.4 Å². The first kappa shape index (κ1) is 13.1. The quantitative estimate of drug-likeness (QED) is 0.461. The van der Waals surface area contributed by atoms with Gasteiger partial charge in [-0.1, -0.05) is 12.1 Å². The van der Waals surface area contributed by atoms with Gasteiger partial charge < -0.3 is 13.6 Å². The second-order valence-corrected chi connectivity index (χ2v) is 5.78. The Balaban J connectivity index is 3.06. The fourth-order valence-corrected chi connectivity index (χ4v) is 1.89. The highest BCUT2D eigenvalue weighted by atomic mass is 32.5. The molecule has 6 nitrogen and oxygen atoms in total. The summed E-state index contributed by atoms with van der Waals surface area (Å²) in [4.78, 5) is 10.2. The van der Waals surface area contributed by atoms with Gasteiger partial charge >= 0.3 is 12.4 Å². The molecule has 1 rings (SSSR count). The number of benzene rings is 1. The van der Waals surface area contributed by atoms with Crippen LogP contribution in [0.3, 0.4) is 0 Å². The molecule has 0 spiro atoms. The number of nitrogens with zero attached hydrogens (tertiary/aromatic N) is 1. The van der Waals surface area contributed by atoms with E-state index in [9.17, 15) is 10.1 Å². The predicted octanol–water partition coefficient (Wildman–Crippen LogP) is 2.49. The Morgan fingerprint density at radius 3 is 2.38 bits per heavy atom. The zero-order valence-electron chi connectivity index (χ0n) is 8.65. The molecule has 0 amide bonds. The van der Waals surface area contributed by atoms with Crippen molar-refractivity contribution in [1.29, 1.82) is 0 Å². The summed E-state index contributed by atoms with van der Waals surface area (Å²) in [6.45, 7) is -2.94. The molecule has 0 unspecified atom stereocenters. The van der Waals surface area contributed by atoms with Crippen LogP contribution < -0.4 is 4.52 Å². The lowest BCUT2D eigenvalue weighted by Gasteiger charge is -2.17. The van der Waals surface area contributed by atoms with Gasteiger partial charge in [0, 0.05) is 32.1 Å². The smallest absolute Gasteiger partial charge is 0.380 e. The minimum atomic E-state index is -2.94. The third-order valence-corrected chi connectivity index (χ3v) is 4.15. The third-order valence-electron chi connectivity index (χ3n) is 1.72. The number of hydrogen-bond acceptors (Lipinski definition) is 6. The molecule has 0 saturated heterocycles. The molecule has 88 valence electrons. The summed E-state index contributed by atoms with van der Waals surface area (Å²) >= 11 is 4.95. The van der Waals surface area contributed by atoms with Crippen LogP contribution in [0.4, 0.5) is 5.69 Å². The van der Waals surface area contributed by atoms with Gasteiger partial charge in [-0.15, -0.1) is 0 Å². The van der Waals surface area contributed by atoms with Gasteiger partial charge in [-0.2, -0.15) is 0 Å². The normalized spacial score (nSPS) is 11.1. The van der Waals surface area contributed by atoms with Crippen LogP contribution in [0.25, 0.3) is 0 Å². The SMILES string of the molecule is COP(=S)(OC)Oc1ccccc1[N+](=O)[O-]. The van der Waals surface area contributed by atoms with Crippen LogP contribution >= 0.6 is 6.72 Å². The average Bonchev–Trinajstić information content (AvgIpc) is 2.29. The van der Waals surface area contributed by atoms with Crippen molar-refractivity contribution < 1.29 is 18.5 Å². The van der Waals surface area contributed by atoms with Crippen LogP contribution in [-0.4, -0.2) is 19.1 Å². The van der Waals surface area contributed by atoms with Gasteiger partial charge in [0.2, 0.25) is 5.75 Å². The topological polar surface area (TPSA) is 70.8 Å². The monoisotopic (exact) mass is 263 g/mol. The highest BCUT2D eigenvalue weighted by Crippen LogP contribution is 2.49. The Bertz CT molecular complexity index is 430. The minimum absolute atomic E-state index is 0.0412. The Morgan fingerprint density at radius 2 is 1.88 bits per heavy atom. The molecule has 1 aromatic carbocycles. The molecule has 0 N–H and O–H groups in total. The summed E-state index contributed by atoms with van der Waals surface area (Å²) in [5.41, 5.74) is -0.175. The van der Waals surface area contributed by atoms with Gasteiger partial charge in [0.1, 0.15) is 0 Å². The molecule has 0 atom stereocenters. The van der Waals surface area contributed by atoms with Crippen LogP contribution in [0.1, 0.15) is 0 Å². The molecule has 0 saturated carbocycles.